The molecule has 0 amide bonds. The molecule has 112 valence electrons. The summed E-state index contributed by atoms with van der Waals surface area (Å²) < 4.78 is 37.7. The largest absolute Gasteiger partial charge is 0.416 e. The molecule has 0 fully saturated rings. The molecule has 0 atom stereocenters. The standard InChI is InChI=1S/C16H17F3N2/c17-16(18,19)14-7-4-8-15(11-14)21-10-9-20-12-13-5-2-1-3-6-13/h1-8,11,20-21H,9-10,12H2. The molecule has 21 heavy (non-hydrogen) atoms. The Labute approximate surface area is 122 Å². The lowest BCUT2D eigenvalue weighted by Gasteiger charge is -2.11. The number of hydrogen-bond acceptors (Lipinski definition) is 2. The summed E-state index contributed by atoms with van der Waals surface area (Å²) in [6.07, 6.45) is -4.30. The third-order valence-electron chi connectivity index (χ3n) is 2.99. The minimum absolute atomic E-state index is 0.478. The summed E-state index contributed by atoms with van der Waals surface area (Å²) in [6.45, 7) is 1.98. The predicted molar refractivity (Wildman–Crippen MR) is 78.1 cm³/mol. The van der Waals surface area contributed by atoms with Crippen LogP contribution >= 0.6 is 0 Å². The van der Waals surface area contributed by atoms with Crippen LogP contribution in [0.4, 0.5) is 18.9 Å². The maximum Gasteiger partial charge on any atom is 0.416 e. The maximum atomic E-state index is 12.6. The van der Waals surface area contributed by atoms with Gasteiger partial charge >= 0.3 is 6.18 Å². The first-order valence-electron chi connectivity index (χ1n) is 6.71. The van der Waals surface area contributed by atoms with Gasteiger partial charge in [-0.1, -0.05) is 36.4 Å². The number of nitrogens with one attached hydrogen (secondary N) is 2. The molecule has 0 aromatic heterocycles. The van der Waals surface area contributed by atoms with E-state index in [1.807, 2.05) is 30.3 Å². The third-order valence-corrected chi connectivity index (χ3v) is 2.99. The molecule has 5 heteroatoms. The van der Waals surface area contributed by atoms with Crippen molar-refractivity contribution in [2.24, 2.45) is 0 Å². The average molecular weight is 294 g/mol. The normalized spacial score (nSPS) is 11.4. The molecule has 0 aliphatic rings. The molecular formula is C16H17F3N2. The van der Waals surface area contributed by atoms with E-state index in [2.05, 4.69) is 10.6 Å². The second-order valence-corrected chi connectivity index (χ2v) is 4.67. The minimum Gasteiger partial charge on any atom is -0.384 e. The van der Waals surface area contributed by atoms with E-state index in [1.54, 1.807) is 6.07 Å². The van der Waals surface area contributed by atoms with Gasteiger partial charge in [-0.05, 0) is 23.8 Å². The molecule has 0 saturated carbocycles. The first-order chi connectivity index (χ1) is 10.1. The molecule has 0 aliphatic heterocycles. The Morgan fingerprint density at radius 2 is 1.62 bits per heavy atom. The first kappa shape index (κ1) is 15.4. The smallest absolute Gasteiger partial charge is 0.384 e. The highest BCUT2D eigenvalue weighted by molar-refractivity contribution is 5.46. The van der Waals surface area contributed by atoms with Gasteiger partial charge in [0.05, 0.1) is 5.56 Å². The van der Waals surface area contributed by atoms with Gasteiger partial charge in [-0.2, -0.15) is 13.2 Å². The lowest BCUT2D eigenvalue weighted by Crippen LogP contribution is -2.21. The molecule has 2 N–H and O–H groups in total. The summed E-state index contributed by atoms with van der Waals surface area (Å²) >= 11 is 0. The Balaban J connectivity index is 1.74. The molecular weight excluding hydrogens is 277 g/mol. The monoisotopic (exact) mass is 294 g/mol. The van der Waals surface area contributed by atoms with Gasteiger partial charge in [0.1, 0.15) is 0 Å². The summed E-state index contributed by atoms with van der Waals surface area (Å²) in [6, 6.07) is 15.2. The minimum atomic E-state index is -4.30. The Kier molecular flexibility index (Phi) is 5.22. The molecule has 2 aromatic rings. The topological polar surface area (TPSA) is 24.1 Å². The van der Waals surface area contributed by atoms with Gasteiger partial charge < -0.3 is 10.6 Å². The fraction of sp³-hybridized carbons (Fsp3) is 0.250. The number of rotatable bonds is 6. The van der Waals surface area contributed by atoms with Crippen LogP contribution in [0.3, 0.4) is 0 Å². The zero-order valence-electron chi connectivity index (χ0n) is 11.5. The van der Waals surface area contributed by atoms with Crippen molar-refractivity contribution in [3.63, 3.8) is 0 Å². The summed E-state index contributed by atoms with van der Waals surface area (Å²) in [7, 11) is 0. The lowest BCUT2D eigenvalue weighted by atomic mass is 10.2. The van der Waals surface area contributed by atoms with Crippen molar-refractivity contribution in [1.82, 2.24) is 5.32 Å². The van der Waals surface area contributed by atoms with E-state index in [0.717, 1.165) is 18.7 Å². The summed E-state index contributed by atoms with van der Waals surface area (Å²) in [4.78, 5) is 0. The van der Waals surface area contributed by atoms with Gasteiger partial charge in [0, 0.05) is 25.3 Å². The van der Waals surface area contributed by atoms with Crippen LogP contribution in [0.25, 0.3) is 0 Å². The Bertz CT molecular complexity index is 553. The van der Waals surface area contributed by atoms with Crippen molar-refractivity contribution >= 4 is 5.69 Å². The van der Waals surface area contributed by atoms with Gasteiger partial charge in [0.15, 0.2) is 0 Å². The number of benzene rings is 2. The maximum absolute atomic E-state index is 12.6. The third kappa shape index (κ3) is 5.11. The van der Waals surface area contributed by atoms with Crippen LogP contribution in [0, 0.1) is 0 Å². The van der Waals surface area contributed by atoms with Crippen LogP contribution in [-0.4, -0.2) is 13.1 Å². The molecule has 0 unspecified atom stereocenters. The fourth-order valence-electron chi connectivity index (χ4n) is 1.93. The van der Waals surface area contributed by atoms with Crippen molar-refractivity contribution in [1.29, 1.82) is 0 Å². The highest BCUT2D eigenvalue weighted by Crippen LogP contribution is 2.30. The van der Waals surface area contributed by atoms with Crippen LogP contribution in [0.5, 0.6) is 0 Å². The quantitative estimate of drug-likeness (QED) is 0.789. The predicted octanol–water partition coefficient (Wildman–Crippen LogP) is 3.91. The van der Waals surface area contributed by atoms with E-state index in [0.29, 0.717) is 18.8 Å². The first-order valence-corrected chi connectivity index (χ1v) is 6.71. The van der Waals surface area contributed by atoms with E-state index in [1.165, 1.54) is 11.6 Å². The van der Waals surface area contributed by atoms with E-state index >= 15 is 0 Å². The average Bonchev–Trinajstić information content (AvgIpc) is 2.47. The zero-order valence-corrected chi connectivity index (χ0v) is 11.5. The Morgan fingerprint density at radius 1 is 0.857 bits per heavy atom. The van der Waals surface area contributed by atoms with Gasteiger partial charge in [-0.3, -0.25) is 0 Å². The lowest BCUT2D eigenvalue weighted by molar-refractivity contribution is -0.137. The van der Waals surface area contributed by atoms with E-state index in [4.69, 9.17) is 0 Å². The molecule has 0 heterocycles. The molecule has 0 spiro atoms. The van der Waals surface area contributed by atoms with Gasteiger partial charge in [-0.15, -0.1) is 0 Å². The van der Waals surface area contributed by atoms with Crippen molar-refractivity contribution < 1.29 is 13.2 Å². The highest BCUT2D eigenvalue weighted by atomic mass is 19.4. The van der Waals surface area contributed by atoms with Gasteiger partial charge in [0.25, 0.3) is 0 Å². The van der Waals surface area contributed by atoms with Crippen LogP contribution < -0.4 is 10.6 Å². The highest BCUT2D eigenvalue weighted by Gasteiger charge is 2.30. The molecule has 2 aromatic carbocycles. The van der Waals surface area contributed by atoms with Crippen LogP contribution in [0.2, 0.25) is 0 Å². The van der Waals surface area contributed by atoms with Crippen molar-refractivity contribution in [2.45, 2.75) is 12.7 Å². The number of halogens is 3. The molecule has 0 radical (unpaired) electrons. The van der Waals surface area contributed by atoms with Crippen LogP contribution in [0.15, 0.2) is 54.6 Å². The SMILES string of the molecule is FC(F)(F)c1cccc(NCCNCc2ccccc2)c1. The molecule has 0 saturated heterocycles. The van der Waals surface area contributed by atoms with Gasteiger partial charge in [0.2, 0.25) is 0 Å². The number of alkyl halides is 3. The summed E-state index contributed by atoms with van der Waals surface area (Å²) in [5.74, 6) is 0. The zero-order chi connectivity index (χ0) is 15.1. The number of hydrogen-bond donors (Lipinski definition) is 2. The van der Waals surface area contributed by atoms with Crippen LogP contribution in [-0.2, 0) is 12.7 Å². The molecule has 2 rings (SSSR count). The van der Waals surface area contributed by atoms with E-state index in [9.17, 15) is 13.2 Å². The van der Waals surface area contributed by atoms with Crippen LogP contribution in [0.1, 0.15) is 11.1 Å². The van der Waals surface area contributed by atoms with Crippen molar-refractivity contribution in [3.05, 3.63) is 65.7 Å². The van der Waals surface area contributed by atoms with Crippen molar-refractivity contribution in [3.8, 4) is 0 Å². The Hall–Kier alpha value is -2.01. The molecule has 2 nitrogen and oxygen atoms in total. The summed E-state index contributed by atoms with van der Waals surface area (Å²) in [5, 5.41) is 6.21. The fourth-order valence-corrected chi connectivity index (χ4v) is 1.93. The number of anilines is 1. The summed E-state index contributed by atoms with van der Waals surface area (Å²) in [5.41, 5.74) is 1.02. The van der Waals surface area contributed by atoms with E-state index < -0.39 is 11.7 Å². The van der Waals surface area contributed by atoms with Crippen molar-refractivity contribution in [2.75, 3.05) is 18.4 Å². The second-order valence-electron chi connectivity index (χ2n) is 4.67. The Morgan fingerprint density at radius 3 is 2.33 bits per heavy atom. The molecule has 0 bridgehead atoms. The molecule has 0 aliphatic carbocycles. The van der Waals surface area contributed by atoms with E-state index in [-0.39, 0.29) is 0 Å². The second kappa shape index (κ2) is 7.13. The van der Waals surface area contributed by atoms with Gasteiger partial charge in [-0.25, -0.2) is 0 Å².